The molecule has 1 aromatic heterocycles. The number of rotatable bonds is 5. The SMILES string of the molecule is O=C(CC1(c2ccccc2)Cc2ccccc2C1)Nc1nc(-c2ccc(F)c3ccccc23)cs1. The summed E-state index contributed by atoms with van der Waals surface area (Å²) < 4.78 is 14.3. The predicted molar refractivity (Wildman–Crippen MR) is 140 cm³/mol. The van der Waals surface area contributed by atoms with Crippen molar-refractivity contribution in [2.45, 2.75) is 24.7 Å². The summed E-state index contributed by atoms with van der Waals surface area (Å²) >= 11 is 1.39. The molecule has 3 nitrogen and oxygen atoms in total. The maximum Gasteiger partial charge on any atom is 0.227 e. The number of benzene rings is 4. The van der Waals surface area contributed by atoms with E-state index in [1.807, 2.05) is 41.8 Å². The third-order valence-corrected chi connectivity index (χ3v) is 7.72. The van der Waals surface area contributed by atoms with E-state index >= 15 is 0 Å². The van der Waals surface area contributed by atoms with Crippen LogP contribution in [0.15, 0.2) is 96.4 Å². The zero-order valence-electron chi connectivity index (χ0n) is 19.0. The molecule has 1 aliphatic rings. The van der Waals surface area contributed by atoms with E-state index in [0.29, 0.717) is 16.9 Å². The molecule has 0 saturated heterocycles. The first-order chi connectivity index (χ1) is 17.1. The summed E-state index contributed by atoms with van der Waals surface area (Å²) in [6, 6.07) is 29.4. The molecule has 1 aliphatic carbocycles. The van der Waals surface area contributed by atoms with Crippen molar-refractivity contribution < 1.29 is 9.18 Å². The van der Waals surface area contributed by atoms with Gasteiger partial charge in [-0.3, -0.25) is 4.79 Å². The lowest BCUT2D eigenvalue weighted by Gasteiger charge is -2.29. The highest BCUT2D eigenvalue weighted by Crippen LogP contribution is 2.42. The molecule has 0 bridgehead atoms. The van der Waals surface area contributed by atoms with Gasteiger partial charge in [-0.1, -0.05) is 78.9 Å². The van der Waals surface area contributed by atoms with Crippen LogP contribution in [0.4, 0.5) is 9.52 Å². The Kier molecular flexibility index (Phi) is 5.42. The van der Waals surface area contributed by atoms with Crippen LogP contribution in [0.3, 0.4) is 0 Å². The lowest BCUT2D eigenvalue weighted by Crippen LogP contribution is -2.32. The van der Waals surface area contributed by atoms with Crippen molar-refractivity contribution in [3.8, 4) is 11.3 Å². The topological polar surface area (TPSA) is 42.0 Å². The molecule has 4 aromatic carbocycles. The molecular weight excluding hydrogens is 455 g/mol. The zero-order chi connectivity index (χ0) is 23.8. The normalized spacial score (nSPS) is 14.1. The van der Waals surface area contributed by atoms with Gasteiger partial charge in [0.25, 0.3) is 0 Å². The molecule has 0 unspecified atom stereocenters. The van der Waals surface area contributed by atoms with Gasteiger partial charge < -0.3 is 5.32 Å². The van der Waals surface area contributed by atoms with Gasteiger partial charge in [0, 0.05) is 28.2 Å². The number of halogens is 1. The Hall–Kier alpha value is -3.83. The molecule has 1 amide bonds. The van der Waals surface area contributed by atoms with Crippen LogP contribution in [0.1, 0.15) is 23.1 Å². The van der Waals surface area contributed by atoms with Crippen LogP contribution in [-0.2, 0) is 23.1 Å². The Morgan fingerprint density at radius 1 is 0.857 bits per heavy atom. The molecule has 1 N–H and O–H groups in total. The van der Waals surface area contributed by atoms with Crippen molar-refractivity contribution in [1.82, 2.24) is 4.98 Å². The van der Waals surface area contributed by atoms with Crippen LogP contribution >= 0.6 is 11.3 Å². The monoisotopic (exact) mass is 478 g/mol. The molecule has 5 heteroatoms. The fourth-order valence-corrected chi connectivity index (χ4v) is 6.05. The van der Waals surface area contributed by atoms with Gasteiger partial charge >= 0.3 is 0 Å². The number of fused-ring (bicyclic) bond motifs is 2. The molecule has 0 saturated carbocycles. The minimum Gasteiger partial charge on any atom is -0.302 e. The fraction of sp³-hybridized carbons (Fsp3) is 0.133. The van der Waals surface area contributed by atoms with Crippen molar-refractivity contribution in [3.63, 3.8) is 0 Å². The van der Waals surface area contributed by atoms with E-state index in [1.165, 1.54) is 34.1 Å². The van der Waals surface area contributed by atoms with Gasteiger partial charge in [0.05, 0.1) is 5.69 Å². The first-order valence-electron chi connectivity index (χ1n) is 11.7. The highest BCUT2D eigenvalue weighted by atomic mass is 32.1. The Morgan fingerprint density at radius 3 is 2.26 bits per heavy atom. The molecule has 0 atom stereocenters. The van der Waals surface area contributed by atoms with Crippen LogP contribution in [0.5, 0.6) is 0 Å². The quantitative estimate of drug-likeness (QED) is 0.291. The van der Waals surface area contributed by atoms with Gasteiger partial charge in [0.15, 0.2) is 5.13 Å². The van der Waals surface area contributed by atoms with E-state index in [4.69, 9.17) is 0 Å². The maximum absolute atomic E-state index is 14.3. The number of thiazole rings is 1. The second kappa shape index (κ2) is 8.75. The van der Waals surface area contributed by atoms with Gasteiger partial charge in [-0.25, -0.2) is 9.37 Å². The molecule has 0 spiro atoms. The number of aromatic nitrogens is 1. The average molecular weight is 479 g/mol. The van der Waals surface area contributed by atoms with Gasteiger partial charge in [0.1, 0.15) is 5.82 Å². The van der Waals surface area contributed by atoms with Crippen LogP contribution in [0, 0.1) is 5.82 Å². The van der Waals surface area contributed by atoms with Gasteiger partial charge in [-0.15, -0.1) is 11.3 Å². The summed E-state index contributed by atoms with van der Waals surface area (Å²) in [4.78, 5) is 18.0. The molecule has 6 rings (SSSR count). The lowest BCUT2D eigenvalue weighted by molar-refractivity contribution is -0.117. The maximum atomic E-state index is 14.3. The Morgan fingerprint density at radius 2 is 1.51 bits per heavy atom. The number of carbonyl (C=O) groups is 1. The Balaban J connectivity index is 1.26. The molecule has 0 fully saturated rings. The molecule has 35 heavy (non-hydrogen) atoms. The third kappa shape index (κ3) is 4.02. The van der Waals surface area contributed by atoms with E-state index in [9.17, 15) is 9.18 Å². The summed E-state index contributed by atoms with van der Waals surface area (Å²) in [6.45, 7) is 0. The molecule has 5 aromatic rings. The standard InChI is InChI=1S/C30H23FN2OS/c31-26-15-14-25(23-12-6-7-13-24(23)26)27-19-35-29(32-27)33-28(34)18-30(22-10-2-1-3-11-22)16-20-8-4-5-9-21(20)17-30/h1-15,19H,16-18H2,(H,32,33,34). The fourth-order valence-electron chi connectivity index (χ4n) is 5.33. The average Bonchev–Trinajstić information content (AvgIpc) is 3.49. The minimum absolute atomic E-state index is 0.0495. The summed E-state index contributed by atoms with van der Waals surface area (Å²) in [6.07, 6.45) is 2.05. The van der Waals surface area contributed by atoms with E-state index in [-0.39, 0.29) is 17.1 Å². The molecule has 172 valence electrons. The molecule has 1 heterocycles. The van der Waals surface area contributed by atoms with Gasteiger partial charge in [-0.2, -0.15) is 0 Å². The minimum atomic E-state index is -0.276. The predicted octanol–water partition coefficient (Wildman–Crippen LogP) is 7.17. The van der Waals surface area contributed by atoms with E-state index in [1.54, 1.807) is 12.1 Å². The van der Waals surface area contributed by atoms with Crippen molar-refractivity contribution in [3.05, 3.63) is 119 Å². The van der Waals surface area contributed by atoms with Crippen molar-refractivity contribution in [2.24, 2.45) is 0 Å². The van der Waals surface area contributed by atoms with Crippen LogP contribution < -0.4 is 5.32 Å². The van der Waals surface area contributed by atoms with E-state index in [2.05, 4.69) is 46.7 Å². The van der Waals surface area contributed by atoms with Crippen molar-refractivity contribution >= 4 is 33.1 Å². The second-order valence-electron chi connectivity index (χ2n) is 9.17. The summed E-state index contributed by atoms with van der Waals surface area (Å²) in [5.74, 6) is -0.302. The number of amides is 1. The van der Waals surface area contributed by atoms with E-state index < -0.39 is 0 Å². The highest BCUT2D eigenvalue weighted by Gasteiger charge is 2.40. The largest absolute Gasteiger partial charge is 0.302 e. The highest BCUT2D eigenvalue weighted by molar-refractivity contribution is 7.14. The van der Waals surface area contributed by atoms with Gasteiger partial charge in [-0.05, 0) is 47.1 Å². The Bertz CT molecular complexity index is 1520. The molecular formula is C30H23FN2OS. The van der Waals surface area contributed by atoms with Crippen molar-refractivity contribution in [2.75, 3.05) is 5.32 Å². The summed E-state index contributed by atoms with van der Waals surface area (Å²) in [7, 11) is 0. The summed E-state index contributed by atoms with van der Waals surface area (Å²) in [5, 5.41) is 6.87. The van der Waals surface area contributed by atoms with Crippen LogP contribution in [0.2, 0.25) is 0 Å². The number of nitrogens with zero attached hydrogens (tertiary/aromatic N) is 1. The number of carbonyl (C=O) groups excluding carboxylic acids is 1. The second-order valence-corrected chi connectivity index (χ2v) is 10.0. The molecule has 0 aliphatic heterocycles. The first-order valence-corrected chi connectivity index (χ1v) is 12.5. The lowest BCUT2D eigenvalue weighted by atomic mass is 9.75. The number of nitrogens with one attached hydrogen (secondary N) is 1. The number of hydrogen-bond donors (Lipinski definition) is 1. The van der Waals surface area contributed by atoms with Crippen LogP contribution in [-0.4, -0.2) is 10.9 Å². The number of hydrogen-bond acceptors (Lipinski definition) is 3. The van der Waals surface area contributed by atoms with Crippen molar-refractivity contribution in [1.29, 1.82) is 0 Å². The van der Waals surface area contributed by atoms with Gasteiger partial charge in [0.2, 0.25) is 5.91 Å². The Labute approximate surface area is 207 Å². The van der Waals surface area contributed by atoms with Crippen LogP contribution in [0.25, 0.3) is 22.0 Å². The third-order valence-electron chi connectivity index (χ3n) is 6.96. The smallest absolute Gasteiger partial charge is 0.227 e. The van der Waals surface area contributed by atoms with E-state index in [0.717, 1.165) is 29.5 Å². The summed E-state index contributed by atoms with van der Waals surface area (Å²) in [5.41, 5.74) is 5.11. The zero-order valence-corrected chi connectivity index (χ0v) is 19.8. The first kappa shape index (κ1) is 21.7. The number of anilines is 1. The molecule has 0 radical (unpaired) electrons.